The molecule has 0 atom stereocenters. The Labute approximate surface area is 130 Å². The van der Waals surface area contributed by atoms with Crippen LogP contribution in [0.3, 0.4) is 0 Å². The second-order valence-electron chi connectivity index (χ2n) is 4.50. The van der Waals surface area contributed by atoms with Crippen LogP contribution in [0.2, 0.25) is 0 Å². The Bertz CT molecular complexity index is 805. The molecule has 2 heterocycles. The van der Waals surface area contributed by atoms with E-state index in [1.54, 1.807) is 19.9 Å². The maximum absolute atomic E-state index is 12.7. The molecular weight excluding hydrogens is 332 g/mol. The van der Waals surface area contributed by atoms with Gasteiger partial charge in [0.15, 0.2) is 0 Å². The third-order valence-corrected chi connectivity index (χ3v) is 7.09. The number of sulfonamides is 1. The highest BCUT2D eigenvalue weighted by Gasteiger charge is 2.30. The lowest BCUT2D eigenvalue weighted by Crippen LogP contribution is -2.27. The number of hydrogen-bond donors (Lipinski definition) is 1. The summed E-state index contributed by atoms with van der Waals surface area (Å²) in [5.41, 5.74) is 0.235. The molecule has 0 aliphatic heterocycles. The number of aryl methyl sites for hydroxylation is 3. The molecule has 0 fully saturated rings. The summed E-state index contributed by atoms with van der Waals surface area (Å²) in [5, 5.41) is 9.34. The number of carboxylic acids is 1. The minimum atomic E-state index is -3.79. The molecule has 0 radical (unpaired) electrons. The highest BCUT2D eigenvalue weighted by molar-refractivity contribution is 7.93. The molecule has 2 aromatic rings. The summed E-state index contributed by atoms with van der Waals surface area (Å²) in [6.07, 6.45) is 0. The van der Waals surface area contributed by atoms with Crippen LogP contribution in [0.5, 0.6) is 0 Å². The van der Waals surface area contributed by atoms with Crippen molar-refractivity contribution in [2.45, 2.75) is 25.7 Å². The minimum Gasteiger partial charge on any atom is -0.478 e. The van der Waals surface area contributed by atoms with Crippen LogP contribution < -0.4 is 4.31 Å². The van der Waals surface area contributed by atoms with Crippen molar-refractivity contribution in [1.82, 2.24) is 4.37 Å². The van der Waals surface area contributed by atoms with Gasteiger partial charge in [-0.05, 0) is 38.4 Å². The van der Waals surface area contributed by atoms with E-state index in [4.69, 9.17) is 0 Å². The number of hydrogen-bond acceptors (Lipinski definition) is 6. The molecule has 2 rings (SSSR count). The highest BCUT2D eigenvalue weighted by atomic mass is 32.2. The first-order chi connectivity index (χ1) is 9.66. The summed E-state index contributed by atoms with van der Waals surface area (Å²) in [4.78, 5) is 13.1. The van der Waals surface area contributed by atoms with Crippen LogP contribution >= 0.6 is 22.9 Å². The number of carboxylic acid groups (broad SMARTS) is 1. The maximum Gasteiger partial charge on any atom is 0.340 e. The molecule has 0 saturated carbocycles. The van der Waals surface area contributed by atoms with Crippen LogP contribution in [-0.2, 0) is 10.0 Å². The van der Waals surface area contributed by atoms with Crippen molar-refractivity contribution in [3.8, 4) is 0 Å². The Morgan fingerprint density at radius 3 is 2.43 bits per heavy atom. The van der Waals surface area contributed by atoms with Gasteiger partial charge in [-0.15, -0.1) is 11.3 Å². The van der Waals surface area contributed by atoms with Gasteiger partial charge in [-0.25, -0.2) is 13.2 Å². The van der Waals surface area contributed by atoms with Gasteiger partial charge in [0.1, 0.15) is 15.5 Å². The Hall–Kier alpha value is -1.45. The molecule has 2 aromatic heterocycles. The van der Waals surface area contributed by atoms with E-state index in [1.807, 2.05) is 6.92 Å². The van der Waals surface area contributed by atoms with Crippen molar-refractivity contribution >= 4 is 43.9 Å². The van der Waals surface area contributed by atoms with Crippen molar-refractivity contribution in [3.63, 3.8) is 0 Å². The molecule has 9 heteroatoms. The maximum atomic E-state index is 12.7. The SMILES string of the molecule is Cc1cc(S(=O)(=O)N(C)c2snc(C)c2C(=O)O)c(C)s1. The first-order valence-corrected chi connectivity index (χ1v) is 8.94. The lowest BCUT2D eigenvalue weighted by molar-refractivity contribution is 0.0697. The minimum absolute atomic E-state index is 0.0734. The van der Waals surface area contributed by atoms with E-state index >= 15 is 0 Å². The molecule has 6 nitrogen and oxygen atoms in total. The number of anilines is 1. The molecule has 0 aliphatic carbocycles. The van der Waals surface area contributed by atoms with Gasteiger partial charge in [0, 0.05) is 16.8 Å². The summed E-state index contributed by atoms with van der Waals surface area (Å²) >= 11 is 2.26. The highest BCUT2D eigenvalue weighted by Crippen LogP contribution is 2.34. The predicted octanol–water partition coefficient (Wildman–Crippen LogP) is 2.65. The van der Waals surface area contributed by atoms with Gasteiger partial charge in [-0.1, -0.05) is 0 Å². The quantitative estimate of drug-likeness (QED) is 0.919. The molecule has 0 aromatic carbocycles. The number of rotatable bonds is 4. The monoisotopic (exact) mass is 346 g/mol. The summed E-state index contributed by atoms with van der Waals surface area (Å²) < 4.78 is 30.3. The molecule has 0 amide bonds. The fraction of sp³-hybridized carbons (Fsp3) is 0.333. The van der Waals surface area contributed by atoms with Crippen molar-refractivity contribution < 1.29 is 18.3 Å². The summed E-state index contributed by atoms with van der Waals surface area (Å²) in [6, 6.07) is 1.60. The van der Waals surface area contributed by atoms with Crippen LogP contribution in [-0.4, -0.2) is 30.9 Å². The molecule has 1 N–H and O–H groups in total. The first kappa shape index (κ1) is 15.9. The fourth-order valence-electron chi connectivity index (χ4n) is 1.94. The molecular formula is C12H14N2O4S3. The molecule has 0 unspecified atom stereocenters. The van der Waals surface area contributed by atoms with Gasteiger partial charge in [-0.3, -0.25) is 4.31 Å². The zero-order valence-corrected chi connectivity index (χ0v) is 14.3. The van der Waals surface area contributed by atoms with Gasteiger partial charge in [0.05, 0.1) is 5.69 Å². The normalized spacial score (nSPS) is 11.6. The smallest absolute Gasteiger partial charge is 0.340 e. The molecule has 21 heavy (non-hydrogen) atoms. The van der Waals surface area contributed by atoms with E-state index in [-0.39, 0.29) is 15.5 Å². The Morgan fingerprint density at radius 2 is 1.95 bits per heavy atom. The summed E-state index contributed by atoms with van der Waals surface area (Å²) in [6.45, 7) is 5.11. The molecule has 114 valence electrons. The topological polar surface area (TPSA) is 87.6 Å². The molecule has 0 aliphatic rings. The fourth-order valence-corrected chi connectivity index (χ4v) is 5.72. The lowest BCUT2D eigenvalue weighted by Gasteiger charge is -2.17. The first-order valence-electron chi connectivity index (χ1n) is 5.91. The van der Waals surface area contributed by atoms with Crippen molar-refractivity contribution in [2.24, 2.45) is 0 Å². The van der Waals surface area contributed by atoms with Gasteiger partial charge in [0.2, 0.25) is 0 Å². The van der Waals surface area contributed by atoms with Crippen LogP contribution in [0.25, 0.3) is 0 Å². The number of carbonyl (C=O) groups is 1. The van der Waals surface area contributed by atoms with E-state index < -0.39 is 16.0 Å². The van der Waals surface area contributed by atoms with E-state index in [0.717, 1.165) is 20.7 Å². The second kappa shape index (κ2) is 5.39. The zero-order chi connectivity index (χ0) is 15.9. The third kappa shape index (κ3) is 2.68. The van der Waals surface area contributed by atoms with Crippen molar-refractivity contribution in [3.05, 3.63) is 27.1 Å². The average molecular weight is 346 g/mol. The van der Waals surface area contributed by atoms with Crippen molar-refractivity contribution in [2.75, 3.05) is 11.4 Å². The van der Waals surface area contributed by atoms with Gasteiger partial charge < -0.3 is 5.11 Å². The van der Waals surface area contributed by atoms with Crippen LogP contribution in [0.1, 0.15) is 25.8 Å². The Balaban J connectivity index is 2.56. The van der Waals surface area contributed by atoms with Gasteiger partial charge in [-0.2, -0.15) is 4.37 Å². The van der Waals surface area contributed by atoms with Crippen LogP contribution in [0.4, 0.5) is 5.00 Å². The predicted molar refractivity (Wildman–Crippen MR) is 83.2 cm³/mol. The summed E-state index contributed by atoms with van der Waals surface area (Å²) in [5.74, 6) is -1.18. The Kier molecular flexibility index (Phi) is 4.09. The Morgan fingerprint density at radius 1 is 1.33 bits per heavy atom. The van der Waals surface area contributed by atoms with E-state index in [2.05, 4.69) is 4.37 Å². The molecule has 0 bridgehead atoms. The van der Waals surface area contributed by atoms with E-state index in [0.29, 0.717) is 10.6 Å². The van der Waals surface area contributed by atoms with Gasteiger partial charge >= 0.3 is 5.97 Å². The van der Waals surface area contributed by atoms with Crippen LogP contribution in [0.15, 0.2) is 11.0 Å². The standard InChI is InChI=1S/C12H14N2O4S3/c1-6-5-9(8(3)19-6)21(17,18)14(4)11-10(12(15)16)7(2)13-20-11/h5H,1-4H3,(H,15,16). The number of aromatic nitrogens is 1. The second-order valence-corrected chi connectivity index (χ2v) is 8.65. The van der Waals surface area contributed by atoms with Crippen molar-refractivity contribution in [1.29, 1.82) is 0 Å². The third-order valence-electron chi connectivity index (χ3n) is 2.98. The number of nitrogens with zero attached hydrogens (tertiary/aromatic N) is 2. The number of aromatic carboxylic acids is 1. The number of thiophene rings is 1. The van der Waals surface area contributed by atoms with Crippen LogP contribution in [0, 0.1) is 20.8 Å². The van der Waals surface area contributed by atoms with Gasteiger partial charge in [0.25, 0.3) is 10.0 Å². The zero-order valence-electron chi connectivity index (χ0n) is 11.9. The molecule has 0 spiro atoms. The summed E-state index contributed by atoms with van der Waals surface area (Å²) in [7, 11) is -2.45. The van der Waals surface area contributed by atoms with E-state index in [9.17, 15) is 18.3 Å². The van der Waals surface area contributed by atoms with E-state index in [1.165, 1.54) is 18.4 Å². The average Bonchev–Trinajstić information content (AvgIpc) is 2.91. The largest absolute Gasteiger partial charge is 0.478 e. The lowest BCUT2D eigenvalue weighted by atomic mass is 10.2. The molecule has 0 saturated heterocycles.